The SMILES string of the molecule is C[C@@H](O)[C@H](O)c1cccc(Cl)c1Cl. The summed E-state index contributed by atoms with van der Waals surface area (Å²) in [5.74, 6) is 0. The number of aliphatic hydroxyl groups is 2. The highest BCUT2D eigenvalue weighted by atomic mass is 35.5. The van der Waals surface area contributed by atoms with E-state index in [2.05, 4.69) is 0 Å². The zero-order valence-electron chi connectivity index (χ0n) is 7.04. The largest absolute Gasteiger partial charge is 0.390 e. The molecule has 0 unspecified atom stereocenters. The molecule has 1 rings (SSSR count). The van der Waals surface area contributed by atoms with Crippen LogP contribution < -0.4 is 0 Å². The predicted octanol–water partition coefficient (Wildman–Crippen LogP) is 2.41. The van der Waals surface area contributed by atoms with Gasteiger partial charge in [-0.05, 0) is 13.0 Å². The molecule has 0 aliphatic rings. The highest BCUT2D eigenvalue weighted by Crippen LogP contribution is 2.30. The van der Waals surface area contributed by atoms with Crippen LogP contribution >= 0.6 is 23.2 Å². The first kappa shape index (κ1) is 10.8. The molecule has 2 N–H and O–H groups in total. The average molecular weight is 221 g/mol. The highest BCUT2D eigenvalue weighted by Gasteiger charge is 2.17. The Labute approximate surface area is 86.7 Å². The first-order chi connectivity index (χ1) is 6.04. The summed E-state index contributed by atoms with van der Waals surface area (Å²) in [5, 5.41) is 19.3. The molecular weight excluding hydrogens is 211 g/mol. The Hall–Kier alpha value is -0.280. The molecule has 0 saturated carbocycles. The minimum atomic E-state index is -0.994. The van der Waals surface area contributed by atoms with Crippen LogP contribution in [0.2, 0.25) is 10.0 Å². The monoisotopic (exact) mass is 220 g/mol. The Morgan fingerprint density at radius 1 is 1.23 bits per heavy atom. The summed E-state index contributed by atoms with van der Waals surface area (Å²) in [6, 6.07) is 4.93. The van der Waals surface area contributed by atoms with Crippen molar-refractivity contribution in [2.45, 2.75) is 19.1 Å². The van der Waals surface area contributed by atoms with E-state index in [9.17, 15) is 5.11 Å². The van der Waals surface area contributed by atoms with Crippen LogP contribution in [0.4, 0.5) is 0 Å². The Morgan fingerprint density at radius 2 is 1.85 bits per heavy atom. The van der Waals surface area contributed by atoms with E-state index in [1.54, 1.807) is 18.2 Å². The van der Waals surface area contributed by atoms with Crippen molar-refractivity contribution >= 4 is 23.2 Å². The van der Waals surface area contributed by atoms with Crippen LogP contribution in [-0.4, -0.2) is 16.3 Å². The van der Waals surface area contributed by atoms with Gasteiger partial charge < -0.3 is 10.2 Å². The molecule has 13 heavy (non-hydrogen) atoms. The second-order valence-corrected chi connectivity index (χ2v) is 3.61. The third-order valence-corrected chi connectivity index (χ3v) is 2.59. The molecule has 0 amide bonds. The minimum Gasteiger partial charge on any atom is -0.390 e. The summed E-state index contributed by atoms with van der Waals surface area (Å²) in [7, 11) is 0. The maximum absolute atomic E-state index is 9.51. The zero-order valence-corrected chi connectivity index (χ0v) is 8.55. The van der Waals surface area contributed by atoms with Gasteiger partial charge in [-0.15, -0.1) is 0 Å². The molecular formula is C9H10Cl2O2. The second kappa shape index (κ2) is 4.29. The van der Waals surface area contributed by atoms with Crippen LogP contribution in [0.3, 0.4) is 0 Å². The van der Waals surface area contributed by atoms with Crippen molar-refractivity contribution in [1.82, 2.24) is 0 Å². The normalized spacial score (nSPS) is 15.5. The van der Waals surface area contributed by atoms with Gasteiger partial charge in [0.1, 0.15) is 6.10 Å². The van der Waals surface area contributed by atoms with Gasteiger partial charge in [-0.25, -0.2) is 0 Å². The van der Waals surface area contributed by atoms with E-state index in [4.69, 9.17) is 28.3 Å². The van der Waals surface area contributed by atoms with Gasteiger partial charge in [0.2, 0.25) is 0 Å². The molecule has 0 fully saturated rings. The maximum atomic E-state index is 9.51. The van der Waals surface area contributed by atoms with Gasteiger partial charge in [-0.3, -0.25) is 0 Å². The Bertz CT molecular complexity index is 300. The molecule has 0 saturated heterocycles. The Kier molecular flexibility index (Phi) is 3.56. The lowest BCUT2D eigenvalue weighted by Crippen LogP contribution is -2.14. The lowest BCUT2D eigenvalue weighted by molar-refractivity contribution is 0.0306. The summed E-state index contributed by atoms with van der Waals surface area (Å²) in [6.07, 6.45) is -1.86. The molecule has 0 aromatic heterocycles. The van der Waals surface area contributed by atoms with E-state index in [1.807, 2.05) is 0 Å². The van der Waals surface area contributed by atoms with Crippen LogP contribution in [0.15, 0.2) is 18.2 Å². The molecule has 2 atom stereocenters. The van der Waals surface area contributed by atoms with Crippen molar-refractivity contribution in [3.05, 3.63) is 33.8 Å². The van der Waals surface area contributed by atoms with E-state index in [-0.39, 0.29) is 5.02 Å². The van der Waals surface area contributed by atoms with Crippen molar-refractivity contribution in [2.24, 2.45) is 0 Å². The van der Waals surface area contributed by atoms with E-state index >= 15 is 0 Å². The average Bonchev–Trinajstić information content (AvgIpc) is 2.08. The molecule has 4 heteroatoms. The summed E-state index contributed by atoms with van der Waals surface area (Å²) in [4.78, 5) is 0. The van der Waals surface area contributed by atoms with Crippen LogP contribution in [0.1, 0.15) is 18.6 Å². The smallest absolute Gasteiger partial charge is 0.106 e. The van der Waals surface area contributed by atoms with E-state index in [0.717, 1.165) is 0 Å². The van der Waals surface area contributed by atoms with Gasteiger partial charge in [0.25, 0.3) is 0 Å². The van der Waals surface area contributed by atoms with Crippen LogP contribution in [-0.2, 0) is 0 Å². The van der Waals surface area contributed by atoms with Gasteiger partial charge in [0, 0.05) is 5.56 Å². The third-order valence-electron chi connectivity index (χ3n) is 1.76. The van der Waals surface area contributed by atoms with Gasteiger partial charge in [-0.2, -0.15) is 0 Å². The van der Waals surface area contributed by atoms with Crippen molar-refractivity contribution < 1.29 is 10.2 Å². The van der Waals surface area contributed by atoms with Crippen LogP contribution in [0.5, 0.6) is 0 Å². The fraction of sp³-hybridized carbons (Fsp3) is 0.333. The molecule has 0 spiro atoms. The zero-order chi connectivity index (χ0) is 10.0. The first-order valence-electron chi connectivity index (χ1n) is 3.84. The number of hydrogen-bond donors (Lipinski definition) is 2. The quantitative estimate of drug-likeness (QED) is 0.804. The van der Waals surface area contributed by atoms with E-state index < -0.39 is 12.2 Å². The summed E-state index contributed by atoms with van der Waals surface area (Å²) < 4.78 is 0. The van der Waals surface area contributed by atoms with Crippen LogP contribution in [0, 0.1) is 0 Å². The molecule has 1 aromatic carbocycles. The molecule has 72 valence electrons. The standard InChI is InChI=1S/C9H10Cl2O2/c1-5(12)9(13)6-3-2-4-7(10)8(6)11/h2-5,9,12-13H,1H3/t5-,9+/m1/s1. The first-order valence-corrected chi connectivity index (χ1v) is 4.59. The molecule has 0 heterocycles. The number of benzene rings is 1. The summed E-state index contributed by atoms with van der Waals surface area (Å²) in [6.45, 7) is 1.49. The van der Waals surface area contributed by atoms with Gasteiger partial charge in [0.05, 0.1) is 16.1 Å². The topological polar surface area (TPSA) is 40.5 Å². The third kappa shape index (κ3) is 2.35. The van der Waals surface area contributed by atoms with Gasteiger partial charge in [0.15, 0.2) is 0 Å². The fourth-order valence-corrected chi connectivity index (χ4v) is 1.43. The Morgan fingerprint density at radius 3 is 2.38 bits per heavy atom. The van der Waals surface area contributed by atoms with Crippen molar-refractivity contribution in [1.29, 1.82) is 0 Å². The van der Waals surface area contributed by atoms with Crippen LogP contribution in [0.25, 0.3) is 0 Å². The minimum absolute atomic E-state index is 0.289. The molecule has 0 radical (unpaired) electrons. The summed E-state index contributed by atoms with van der Waals surface area (Å²) >= 11 is 11.6. The summed E-state index contributed by atoms with van der Waals surface area (Å²) in [5.41, 5.74) is 0.448. The van der Waals surface area contributed by atoms with Gasteiger partial charge >= 0.3 is 0 Å². The number of aliphatic hydroxyl groups excluding tert-OH is 2. The lowest BCUT2D eigenvalue weighted by Gasteiger charge is -2.15. The Balaban J connectivity index is 3.07. The van der Waals surface area contributed by atoms with E-state index in [1.165, 1.54) is 6.92 Å². The van der Waals surface area contributed by atoms with Gasteiger partial charge in [-0.1, -0.05) is 35.3 Å². The molecule has 1 aromatic rings. The van der Waals surface area contributed by atoms with E-state index in [0.29, 0.717) is 10.6 Å². The van der Waals surface area contributed by atoms with Crippen molar-refractivity contribution in [2.75, 3.05) is 0 Å². The molecule has 0 aliphatic heterocycles. The molecule has 2 nitrogen and oxygen atoms in total. The number of halogens is 2. The fourth-order valence-electron chi connectivity index (χ4n) is 1.01. The molecule has 0 bridgehead atoms. The molecule has 0 aliphatic carbocycles. The van der Waals surface area contributed by atoms with Crippen molar-refractivity contribution in [3.63, 3.8) is 0 Å². The second-order valence-electron chi connectivity index (χ2n) is 2.83. The number of hydrogen-bond acceptors (Lipinski definition) is 2. The van der Waals surface area contributed by atoms with Crippen molar-refractivity contribution in [3.8, 4) is 0 Å². The lowest BCUT2D eigenvalue weighted by atomic mass is 10.1. The number of rotatable bonds is 2. The predicted molar refractivity (Wildman–Crippen MR) is 53.1 cm³/mol. The maximum Gasteiger partial charge on any atom is 0.106 e. The highest BCUT2D eigenvalue weighted by molar-refractivity contribution is 6.42.